The molecule has 1 fully saturated rings. The Kier molecular flexibility index (Phi) is 5.21. The molecule has 158 valence electrons. The van der Waals surface area contributed by atoms with Gasteiger partial charge in [-0.3, -0.25) is 9.59 Å². The summed E-state index contributed by atoms with van der Waals surface area (Å²) in [6.07, 6.45) is 0.0388. The molecule has 2 aromatic carbocycles. The van der Waals surface area contributed by atoms with Crippen LogP contribution in [0.15, 0.2) is 47.6 Å². The first-order valence-corrected chi connectivity index (χ1v) is 9.46. The molecule has 4 rings (SSSR count). The van der Waals surface area contributed by atoms with Crippen LogP contribution in [0.3, 0.4) is 0 Å². The number of rotatable bonds is 6. The SMILES string of the molecule is COc1ccc(N2C(=O)CC3(CC(c4ccc(OCC#N)c(OC)c4)=NO3)C2=O)cc1. The Hall–Kier alpha value is -4.06. The Balaban J connectivity index is 1.55. The molecule has 0 aromatic heterocycles. The van der Waals surface area contributed by atoms with Crippen molar-refractivity contribution >= 4 is 23.2 Å². The van der Waals surface area contributed by atoms with Crippen LogP contribution < -0.4 is 19.1 Å². The van der Waals surface area contributed by atoms with E-state index in [1.54, 1.807) is 49.6 Å². The first-order valence-electron chi connectivity index (χ1n) is 9.46. The van der Waals surface area contributed by atoms with Gasteiger partial charge in [-0.2, -0.15) is 5.26 Å². The lowest BCUT2D eigenvalue weighted by atomic mass is 9.92. The smallest absolute Gasteiger partial charge is 0.281 e. The molecule has 0 N–H and O–H groups in total. The third kappa shape index (κ3) is 3.53. The normalized spacial score (nSPS) is 19.8. The van der Waals surface area contributed by atoms with E-state index in [9.17, 15) is 9.59 Å². The fraction of sp³-hybridized carbons (Fsp3) is 0.273. The van der Waals surface area contributed by atoms with E-state index in [4.69, 9.17) is 24.3 Å². The van der Waals surface area contributed by atoms with Gasteiger partial charge in [-0.15, -0.1) is 0 Å². The van der Waals surface area contributed by atoms with E-state index in [0.717, 1.165) is 4.90 Å². The van der Waals surface area contributed by atoms with Crippen LogP contribution >= 0.6 is 0 Å². The molecule has 2 heterocycles. The Morgan fingerprint density at radius 1 is 1.10 bits per heavy atom. The number of nitrogens with zero attached hydrogens (tertiary/aromatic N) is 3. The minimum absolute atomic E-state index is 0.106. The number of ether oxygens (including phenoxy) is 3. The minimum Gasteiger partial charge on any atom is -0.497 e. The van der Waals surface area contributed by atoms with E-state index in [1.165, 1.54) is 7.11 Å². The van der Waals surface area contributed by atoms with Crippen LogP contribution in [0.25, 0.3) is 0 Å². The van der Waals surface area contributed by atoms with Gasteiger partial charge in [-0.05, 0) is 42.5 Å². The molecule has 31 heavy (non-hydrogen) atoms. The molecule has 1 unspecified atom stereocenters. The third-order valence-electron chi connectivity index (χ3n) is 5.18. The second-order valence-corrected chi connectivity index (χ2v) is 7.02. The van der Waals surface area contributed by atoms with Crippen molar-refractivity contribution in [3.05, 3.63) is 48.0 Å². The average molecular weight is 421 g/mol. The number of imide groups is 1. The van der Waals surface area contributed by atoms with Gasteiger partial charge in [0.15, 0.2) is 18.1 Å². The molecular weight excluding hydrogens is 402 g/mol. The van der Waals surface area contributed by atoms with Crippen molar-refractivity contribution in [2.45, 2.75) is 18.4 Å². The minimum atomic E-state index is -1.37. The zero-order valence-electron chi connectivity index (χ0n) is 17.0. The van der Waals surface area contributed by atoms with Gasteiger partial charge in [0.2, 0.25) is 11.5 Å². The van der Waals surface area contributed by atoms with Crippen molar-refractivity contribution in [2.24, 2.45) is 5.16 Å². The summed E-state index contributed by atoms with van der Waals surface area (Å²) in [6.45, 7) is -0.110. The van der Waals surface area contributed by atoms with Crippen molar-refractivity contribution in [3.8, 4) is 23.3 Å². The molecular formula is C22H19N3O6. The predicted octanol–water partition coefficient (Wildman–Crippen LogP) is 2.43. The van der Waals surface area contributed by atoms with Gasteiger partial charge < -0.3 is 19.0 Å². The van der Waals surface area contributed by atoms with E-state index in [-0.39, 0.29) is 25.4 Å². The topological polar surface area (TPSA) is 110 Å². The van der Waals surface area contributed by atoms with Crippen LogP contribution in [-0.2, 0) is 14.4 Å². The van der Waals surface area contributed by atoms with Crippen LogP contribution in [0.2, 0.25) is 0 Å². The van der Waals surface area contributed by atoms with Crippen molar-refractivity contribution in [2.75, 3.05) is 25.7 Å². The summed E-state index contributed by atoms with van der Waals surface area (Å²) in [4.78, 5) is 32.5. The first-order chi connectivity index (χ1) is 15.0. The molecule has 2 amide bonds. The van der Waals surface area contributed by atoms with Gasteiger partial charge in [-0.25, -0.2) is 4.90 Å². The zero-order chi connectivity index (χ0) is 22.0. The number of oxime groups is 1. The molecule has 0 bridgehead atoms. The quantitative estimate of drug-likeness (QED) is 0.659. The lowest BCUT2D eigenvalue weighted by molar-refractivity contribution is -0.136. The number of amides is 2. The Bertz CT molecular complexity index is 1110. The number of methoxy groups -OCH3 is 2. The first kappa shape index (κ1) is 20.2. The van der Waals surface area contributed by atoms with Gasteiger partial charge >= 0.3 is 0 Å². The average Bonchev–Trinajstić information content (AvgIpc) is 3.33. The highest BCUT2D eigenvalue weighted by molar-refractivity contribution is 6.25. The molecule has 2 aliphatic heterocycles. The number of hydrogen-bond acceptors (Lipinski definition) is 8. The molecule has 1 saturated heterocycles. The summed E-state index contributed by atoms with van der Waals surface area (Å²) >= 11 is 0. The van der Waals surface area contributed by atoms with Gasteiger partial charge in [0.25, 0.3) is 5.91 Å². The monoisotopic (exact) mass is 421 g/mol. The predicted molar refractivity (Wildman–Crippen MR) is 109 cm³/mol. The standard InChI is InChI=1S/C22H19N3O6/c1-28-16-6-4-15(5-7-16)25-20(26)13-22(21(25)27)12-17(24-31-22)14-3-8-18(30-10-9-23)19(11-14)29-2/h3-8,11H,10,12-13H2,1-2H3. The maximum Gasteiger partial charge on any atom is 0.281 e. The van der Waals surface area contributed by atoms with Gasteiger partial charge in [0.1, 0.15) is 11.8 Å². The van der Waals surface area contributed by atoms with E-state index < -0.39 is 11.5 Å². The Morgan fingerprint density at radius 3 is 2.55 bits per heavy atom. The maximum absolute atomic E-state index is 13.2. The van der Waals surface area contributed by atoms with E-state index in [0.29, 0.717) is 34.2 Å². The number of anilines is 1. The summed E-state index contributed by atoms with van der Waals surface area (Å²) in [6, 6.07) is 13.6. The molecule has 0 saturated carbocycles. The highest BCUT2D eigenvalue weighted by atomic mass is 16.7. The fourth-order valence-corrected chi connectivity index (χ4v) is 3.63. The molecule has 2 aromatic rings. The van der Waals surface area contributed by atoms with E-state index in [2.05, 4.69) is 5.16 Å². The summed E-state index contributed by atoms with van der Waals surface area (Å²) < 4.78 is 15.8. The Labute approximate surface area is 178 Å². The maximum atomic E-state index is 13.2. The van der Waals surface area contributed by atoms with Crippen LogP contribution in [-0.4, -0.2) is 44.0 Å². The molecule has 9 nitrogen and oxygen atoms in total. The molecule has 0 aliphatic carbocycles. The Morgan fingerprint density at radius 2 is 1.87 bits per heavy atom. The van der Waals surface area contributed by atoms with Crippen LogP contribution in [0, 0.1) is 11.3 Å². The molecule has 2 aliphatic rings. The van der Waals surface area contributed by atoms with Gasteiger partial charge in [0, 0.05) is 12.0 Å². The summed E-state index contributed by atoms with van der Waals surface area (Å²) in [5.74, 6) is 0.646. The molecule has 0 radical (unpaired) electrons. The van der Waals surface area contributed by atoms with E-state index >= 15 is 0 Å². The number of carbonyl (C=O) groups excluding carboxylic acids is 2. The zero-order valence-corrected chi connectivity index (χ0v) is 17.0. The van der Waals surface area contributed by atoms with Crippen LogP contribution in [0.5, 0.6) is 17.2 Å². The summed E-state index contributed by atoms with van der Waals surface area (Å²) in [7, 11) is 3.03. The third-order valence-corrected chi connectivity index (χ3v) is 5.18. The van der Waals surface area contributed by atoms with Crippen molar-refractivity contribution in [1.82, 2.24) is 0 Å². The fourth-order valence-electron chi connectivity index (χ4n) is 3.63. The second kappa shape index (κ2) is 7.99. The lowest BCUT2D eigenvalue weighted by Gasteiger charge is -2.19. The van der Waals surface area contributed by atoms with Crippen molar-refractivity contribution in [3.63, 3.8) is 0 Å². The molecule has 9 heteroatoms. The number of carbonyl (C=O) groups is 2. The largest absolute Gasteiger partial charge is 0.497 e. The highest BCUT2D eigenvalue weighted by Gasteiger charge is 2.58. The number of hydrogen-bond donors (Lipinski definition) is 0. The van der Waals surface area contributed by atoms with Crippen LogP contribution in [0.1, 0.15) is 18.4 Å². The lowest BCUT2D eigenvalue weighted by Crippen LogP contribution is -2.40. The molecule has 1 spiro atoms. The second-order valence-electron chi connectivity index (χ2n) is 7.02. The van der Waals surface area contributed by atoms with Crippen molar-refractivity contribution in [1.29, 1.82) is 5.26 Å². The summed E-state index contributed by atoms with van der Waals surface area (Å²) in [5, 5.41) is 12.8. The van der Waals surface area contributed by atoms with Gasteiger partial charge in [0.05, 0.1) is 32.0 Å². The van der Waals surface area contributed by atoms with Gasteiger partial charge in [-0.1, -0.05) is 5.16 Å². The van der Waals surface area contributed by atoms with E-state index in [1.807, 2.05) is 6.07 Å². The summed E-state index contributed by atoms with van der Waals surface area (Å²) in [5.41, 5.74) is 0.268. The van der Waals surface area contributed by atoms with Crippen LogP contribution in [0.4, 0.5) is 5.69 Å². The highest BCUT2D eigenvalue weighted by Crippen LogP contribution is 2.40. The van der Waals surface area contributed by atoms with Crippen molar-refractivity contribution < 1.29 is 28.6 Å². The number of benzene rings is 2. The number of nitriles is 1. The molecule has 1 atom stereocenters.